The first-order valence-electron chi connectivity index (χ1n) is 6.72. The highest BCUT2D eigenvalue weighted by Gasteiger charge is 2.47. The Hall–Kier alpha value is 0.0925. The molecular weight excluding hydrogens is 313 g/mol. The normalized spacial score (nSPS) is 23.8. The molecule has 0 unspecified atom stereocenters. The summed E-state index contributed by atoms with van der Waals surface area (Å²) in [7, 11) is -5.65. The lowest BCUT2D eigenvalue weighted by Crippen LogP contribution is -2.34. The van der Waals surface area contributed by atoms with E-state index in [9.17, 15) is 9.13 Å². The van der Waals surface area contributed by atoms with Crippen molar-refractivity contribution < 1.29 is 20.1 Å². The molecule has 0 aromatic heterocycles. The Morgan fingerprint density at radius 2 is 1.95 bits per heavy atom. The minimum absolute atomic E-state index is 0.330. The molecule has 20 heavy (non-hydrogen) atoms. The van der Waals surface area contributed by atoms with E-state index in [-0.39, 0.29) is 0 Å². The Kier molecular flexibility index (Phi) is 5.68. The third-order valence-corrected chi connectivity index (χ3v) is 11.9. The summed E-state index contributed by atoms with van der Waals surface area (Å²) in [6.07, 6.45) is 1.22. The molecule has 0 bridgehead atoms. The molecule has 0 amide bonds. The van der Waals surface area contributed by atoms with E-state index in [0.717, 1.165) is 0 Å². The van der Waals surface area contributed by atoms with Crippen LogP contribution in [0.1, 0.15) is 13.8 Å². The van der Waals surface area contributed by atoms with Crippen LogP contribution in [0.4, 0.5) is 0 Å². The topological polar surface area (TPSA) is 61.8 Å². The van der Waals surface area contributed by atoms with Gasteiger partial charge in [-0.15, -0.1) is 0 Å². The highest BCUT2D eigenvalue weighted by Crippen LogP contribution is 2.53. The van der Waals surface area contributed by atoms with Crippen LogP contribution in [0.3, 0.4) is 0 Å². The van der Waals surface area contributed by atoms with Crippen LogP contribution in [0, 0.1) is 0 Å². The van der Waals surface area contributed by atoms with Gasteiger partial charge in [-0.05, 0) is 12.1 Å². The number of benzene rings is 1. The molecule has 1 aromatic rings. The standard InChI is InChI=1S/C8H10O3P.C4H11O2P.Al/c9-6-7-12(10,11)8-4-2-1-3-5-8;1-3-7(5,6)4-2;/h1-5H,6-7H2,(H,10,11);3-4H2,1-2H3,(H,5,6);/q-1;;+3/p-2. The van der Waals surface area contributed by atoms with Gasteiger partial charge in [-0.1, -0.05) is 32.0 Å². The van der Waals surface area contributed by atoms with Gasteiger partial charge in [0.2, 0.25) is 7.37 Å². The maximum absolute atomic E-state index is 12.9. The molecule has 1 aromatic carbocycles. The molecule has 110 valence electrons. The summed E-state index contributed by atoms with van der Waals surface area (Å²) in [6, 6.07) is 9.10. The second-order valence-electron chi connectivity index (χ2n) is 4.55. The average molecular weight is 332 g/mol. The third-order valence-electron chi connectivity index (χ3n) is 3.29. The van der Waals surface area contributed by atoms with Crippen molar-refractivity contribution >= 4 is 35.2 Å². The average Bonchev–Trinajstić information content (AvgIpc) is 2.48. The molecule has 1 aliphatic heterocycles. The van der Waals surface area contributed by atoms with E-state index >= 15 is 0 Å². The fraction of sp³-hybridized carbons (Fsp3) is 0.500. The van der Waals surface area contributed by atoms with E-state index in [2.05, 4.69) is 0 Å². The van der Waals surface area contributed by atoms with Crippen LogP contribution in [-0.2, 0) is 20.1 Å². The third kappa shape index (κ3) is 3.84. The first-order chi connectivity index (χ1) is 9.51. The molecule has 1 saturated heterocycles. The molecule has 0 aliphatic carbocycles. The lowest BCUT2D eigenvalue weighted by molar-refractivity contribution is 0.197. The van der Waals surface area contributed by atoms with Gasteiger partial charge in [0.05, 0.1) is 0 Å². The largest absolute Gasteiger partial charge is 0.916 e. The van der Waals surface area contributed by atoms with E-state index in [0.29, 0.717) is 30.4 Å². The van der Waals surface area contributed by atoms with Gasteiger partial charge < -0.3 is 10.9 Å². The highest BCUT2D eigenvalue weighted by atomic mass is 31.2. The first-order valence-corrected chi connectivity index (χ1v) is 11.9. The Bertz CT molecular complexity index is 528. The van der Waals surface area contributed by atoms with E-state index < -0.39 is 29.9 Å². The van der Waals surface area contributed by atoms with Crippen molar-refractivity contribution in [3.8, 4) is 0 Å². The molecule has 2 rings (SSSR count). The fourth-order valence-electron chi connectivity index (χ4n) is 1.92. The van der Waals surface area contributed by atoms with Crippen LogP contribution in [-0.4, -0.2) is 40.2 Å². The molecule has 1 heterocycles. The van der Waals surface area contributed by atoms with Gasteiger partial charge in [-0.3, -0.25) is 9.13 Å². The lowest BCUT2D eigenvalue weighted by Gasteiger charge is -2.29. The molecule has 0 radical (unpaired) electrons. The van der Waals surface area contributed by atoms with Gasteiger partial charge in [0.15, 0.2) is 7.37 Å². The molecule has 5 nitrogen and oxygen atoms in total. The minimum Gasteiger partial charge on any atom is -0.454 e. The lowest BCUT2D eigenvalue weighted by atomic mass is 10.4. The zero-order chi connectivity index (χ0) is 14.6. The number of hydrogen-bond donors (Lipinski definition) is 0. The zero-order valence-corrected chi connectivity index (χ0v) is 14.7. The van der Waals surface area contributed by atoms with Crippen molar-refractivity contribution in [2.24, 2.45) is 0 Å². The van der Waals surface area contributed by atoms with Crippen LogP contribution in [0.15, 0.2) is 30.3 Å². The van der Waals surface area contributed by atoms with Gasteiger partial charge in [0.25, 0.3) is 0 Å². The van der Waals surface area contributed by atoms with E-state index in [1.165, 1.54) is 0 Å². The summed E-state index contributed by atoms with van der Waals surface area (Å²) in [5.74, 6) is 0. The van der Waals surface area contributed by atoms with E-state index in [1.807, 2.05) is 32.0 Å². The van der Waals surface area contributed by atoms with Gasteiger partial charge in [-0.2, -0.15) is 0 Å². The molecule has 1 fully saturated rings. The smallest absolute Gasteiger partial charge is 0.454 e. The molecular formula is C12H19AlO5P2. The first kappa shape index (κ1) is 16.5. The molecule has 0 saturated carbocycles. The predicted molar refractivity (Wildman–Crippen MR) is 81.1 cm³/mol. The molecule has 0 spiro atoms. The summed E-state index contributed by atoms with van der Waals surface area (Å²) in [5.41, 5.74) is 0. The maximum Gasteiger partial charge on any atom is 0.916 e. The van der Waals surface area contributed by atoms with Crippen molar-refractivity contribution in [1.29, 1.82) is 0 Å². The summed E-state index contributed by atoms with van der Waals surface area (Å²) in [4.78, 5) is 0. The zero-order valence-electron chi connectivity index (χ0n) is 11.7. The number of hydrogen-bond acceptors (Lipinski definition) is 5. The number of rotatable bonds is 5. The Balaban J connectivity index is 2.13. The summed E-state index contributed by atoms with van der Waals surface area (Å²) >= 11 is -2.61. The summed E-state index contributed by atoms with van der Waals surface area (Å²) < 4.78 is 41.9. The van der Waals surface area contributed by atoms with Crippen LogP contribution < -0.4 is 5.30 Å². The molecule has 1 aliphatic rings. The van der Waals surface area contributed by atoms with Gasteiger partial charge in [-0.25, -0.2) is 0 Å². The second-order valence-corrected chi connectivity index (χ2v) is 12.4. The van der Waals surface area contributed by atoms with Gasteiger partial charge >= 0.3 is 15.1 Å². The van der Waals surface area contributed by atoms with Crippen LogP contribution in [0.5, 0.6) is 0 Å². The van der Waals surface area contributed by atoms with Gasteiger partial charge in [0.1, 0.15) is 0 Å². The fourth-order valence-corrected chi connectivity index (χ4v) is 9.56. The second kappa shape index (κ2) is 6.90. The van der Waals surface area contributed by atoms with Gasteiger partial charge in [0, 0.05) is 30.4 Å². The Labute approximate surface area is 124 Å². The molecule has 1 atom stereocenters. The predicted octanol–water partition coefficient (Wildman–Crippen LogP) is 2.96. The molecule has 0 N–H and O–H groups in total. The van der Waals surface area contributed by atoms with E-state index in [4.69, 9.17) is 10.9 Å². The maximum atomic E-state index is 12.9. The van der Waals surface area contributed by atoms with Crippen molar-refractivity contribution in [2.45, 2.75) is 13.8 Å². The van der Waals surface area contributed by atoms with Crippen molar-refractivity contribution in [3.05, 3.63) is 30.3 Å². The van der Waals surface area contributed by atoms with Crippen LogP contribution >= 0.6 is 14.7 Å². The minimum atomic E-state index is -2.94. The van der Waals surface area contributed by atoms with Crippen LogP contribution in [0.25, 0.3) is 0 Å². The summed E-state index contributed by atoms with van der Waals surface area (Å²) in [5, 5.41) is 0.673. The molecule has 8 heteroatoms. The highest BCUT2D eigenvalue weighted by molar-refractivity contribution is 7.68. The van der Waals surface area contributed by atoms with Crippen molar-refractivity contribution in [1.82, 2.24) is 0 Å². The SMILES string of the molecule is CCP(=O)(CC)[O][Al]1[O]CC[P@@](=O)(c2ccccc2)[O]1. The van der Waals surface area contributed by atoms with Crippen LogP contribution in [0.2, 0.25) is 0 Å². The Morgan fingerprint density at radius 1 is 1.30 bits per heavy atom. The Morgan fingerprint density at radius 3 is 2.55 bits per heavy atom. The van der Waals surface area contributed by atoms with Crippen molar-refractivity contribution in [3.63, 3.8) is 0 Å². The van der Waals surface area contributed by atoms with Crippen molar-refractivity contribution in [2.75, 3.05) is 25.1 Å². The monoisotopic (exact) mass is 332 g/mol. The summed E-state index contributed by atoms with van der Waals surface area (Å²) in [6.45, 7) is 3.97. The van der Waals surface area contributed by atoms with E-state index in [1.54, 1.807) is 12.1 Å². The quantitative estimate of drug-likeness (QED) is 0.613.